The number of aryl methyl sites for hydroxylation is 1. The molecule has 0 bridgehead atoms. The average Bonchev–Trinajstić information content (AvgIpc) is 3.26. The highest BCUT2D eigenvalue weighted by Gasteiger charge is 2.27. The first kappa shape index (κ1) is 33.7. The minimum Gasteiger partial charge on any atom is -0.303 e. The van der Waals surface area contributed by atoms with E-state index in [2.05, 4.69) is 70.3 Å². The van der Waals surface area contributed by atoms with Crippen LogP contribution in [-0.4, -0.2) is 24.0 Å². The summed E-state index contributed by atoms with van der Waals surface area (Å²) < 4.78 is 33.2. The fourth-order valence-corrected chi connectivity index (χ4v) is 2.58. The van der Waals surface area contributed by atoms with Crippen LogP contribution in [0.5, 0.6) is 0 Å². The van der Waals surface area contributed by atoms with Crippen molar-refractivity contribution in [1.82, 2.24) is 0 Å². The maximum Gasteiger partial charge on any atom is 0.411 e. The van der Waals surface area contributed by atoms with E-state index >= 15 is 0 Å². The van der Waals surface area contributed by atoms with Crippen molar-refractivity contribution < 1.29 is 27.6 Å². The van der Waals surface area contributed by atoms with Crippen molar-refractivity contribution in [3.8, 4) is 0 Å². The summed E-state index contributed by atoms with van der Waals surface area (Å²) in [7, 11) is 0. The molecule has 0 aliphatic heterocycles. The number of allylic oxidation sites excluding steroid dienone is 1. The maximum absolute atomic E-state index is 11.1. The zero-order chi connectivity index (χ0) is 28.4. The highest BCUT2D eigenvalue weighted by atomic mass is 19.4. The van der Waals surface area contributed by atoms with Crippen LogP contribution >= 0.6 is 0 Å². The lowest BCUT2D eigenvalue weighted by Crippen LogP contribution is -2.06. The van der Waals surface area contributed by atoms with Gasteiger partial charge in [-0.2, -0.15) is 13.2 Å². The third kappa shape index (κ3) is 16.2. The van der Waals surface area contributed by atoms with Crippen molar-refractivity contribution >= 4 is 23.4 Å². The first-order valence-corrected chi connectivity index (χ1v) is 12.3. The molecular weight excluding hydrogens is 477 g/mol. The summed E-state index contributed by atoms with van der Waals surface area (Å²) in [4.78, 5) is 30.8. The number of alkyl halides is 3. The third-order valence-corrected chi connectivity index (χ3v) is 5.35. The summed E-state index contributed by atoms with van der Waals surface area (Å²) in [5.74, 6) is 1.09. The molecule has 6 heteroatoms. The minimum atomic E-state index is -4.19. The lowest BCUT2D eigenvalue weighted by molar-refractivity contribution is -0.121. The Morgan fingerprint density at radius 2 is 1.35 bits per heavy atom. The van der Waals surface area contributed by atoms with Crippen molar-refractivity contribution in [2.75, 3.05) is 0 Å². The molecule has 0 saturated heterocycles. The van der Waals surface area contributed by atoms with E-state index in [0.29, 0.717) is 19.3 Å². The second kappa shape index (κ2) is 18.0. The average molecular weight is 517 g/mol. The number of Topliss-reactive ketones (excluding diaryl/α,β-unsaturated/α-hetero) is 2. The molecule has 2 aromatic rings. The van der Waals surface area contributed by atoms with E-state index in [0.717, 1.165) is 42.2 Å². The molecule has 0 unspecified atom stereocenters. The van der Waals surface area contributed by atoms with Gasteiger partial charge >= 0.3 is 6.18 Å². The van der Waals surface area contributed by atoms with Gasteiger partial charge in [0.15, 0.2) is 0 Å². The van der Waals surface area contributed by atoms with Crippen LogP contribution in [0.2, 0.25) is 0 Å². The van der Waals surface area contributed by atoms with Crippen molar-refractivity contribution in [2.45, 2.75) is 72.4 Å². The van der Waals surface area contributed by atoms with E-state index in [1.54, 1.807) is 0 Å². The van der Waals surface area contributed by atoms with Gasteiger partial charge in [-0.25, -0.2) is 0 Å². The van der Waals surface area contributed by atoms with Crippen LogP contribution in [0.3, 0.4) is 0 Å². The molecule has 3 nitrogen and oxygen atoms in total. The maximum atomic E-state index is 11.1. The molecule has 37 heavy (non-hydrogen) atoms. The summed E-state index contributed by atoms with van der Waals surface area (Å²) >= 11 is 0. The predicted molar refractivity (Wildman–Crippen MR) is 145 cm³/mol. The van der Waals surface area contributed by atoms with Crippen molar-refractivity contribution in [1.29, 1.82) is 0 Å². The topological polar surface area (TPSA) is 51.2 Å². The van der Waals surface area contributed by atoms with Gasteiger partial charge in [-0.05, 0) is 41.5 Å². The van der Waals surface area contributed by atoms with Gasteiger partial charge in [0, 0.05) is 24.8 Å². The van der Waals surface area contributed by atoms with Crippen LogP contribution in [0.15, 0.2) is 73.3 Å². The molecule has 1 aliphatic rings. The Hall–Kier alpha value is -3.28. The van der Waals surface area contributed by atoms with Gasteiger partial charge in [0.2, 0.25) is 0 Å². The van der Waals surface area contributed by atoms with Crippen LogP contribution in [0.4, 0.5) is 13.2 Å². The van der Waals surface area contributed by atoms with Gasteiger partial charge in [0.25, 0.3) is 0 Å². The molecule has 1 fully saturated rings. The predicted octanol–water partition coefficient (Wildman–Crippen LogP) is 8.37. The summed E-state index contributed by atoms with van der Waals surface area (Å²) in [5.41, 5.74) is 3.71. The van der Waals surface area contributed by atoms with Crippen LogP contribution in [-0.2, 0) is 20.8 Å². The molecule has 0 amide bonds. The number of aldehydes is 1. The number of carbonyl (C=O) groups is 3. The number of hydrogen-bond donors (Lipinski definition) is 0. The molecule has 1 saturated carbocycles. The standard InChI is InChI=1S/C17H16O.C5H6O2.C5H12.C4H5F3/c1-14(16-7-3-2-4-8-16)17-11-9-15(10-12-17)6-5-13-18;6-4-1-2-5(7)3-4;1-4-5(2)3;1-3(2)4(5,6)7/h2-4,7-13H,1,5-6H2;1-3H2;5H,4H2,1-3H3;1H2,2H3. The molecule has 0 aromatic heterocycles. The zero-order valence-corrected chi connectivity index (χ0v) is 22.4. The molecule has 0 heterocycles. The third-order valence-electron chi connectivity index (χ3n) is 5.35. The van der Waals surface area contributed by atoms with E-state index in [1.807, 2.05) is 18.2 Å². The quantitative estimate of drug-likeness (QED) is 0.220. The van der Waals surface area contributed by atoms with Crippen molar-refractivity contribution in [3.63, 3.8) is 0 Å². The van der Waals surface area contributed by atoms with Gasteiger partial charge in [-0.1, -0.05) is 94.9 Å². The number of halogens is 3. The lowest BCUT2D eigenvalue weighted by atomic mass is 9.98. The number of benzene rings is 2. The largest absolute Gasteiger partial charge is 0.411 e. The van der Waals surface area contributed by atoms with E-state index < -0.39 is 11.7 Å². The summed E-state index contributed by atoms with van der Waals surface area (Å²) in [5, 5.41) is 0. The molecule has 0 N–H and O–H groups in total. The van der Waals surface area contributed by atoms with Crippen molar-refractivity contribution in [2.24, 2.45) is 5.92 Å². The van der Waals surface area contributed by atoms with E-state index in [-0.39, 0.29) is 18.0 Å². The summed E-state index contributed by atoms with van der Waals surface area (Å²) in [6.07, 6.45) is 0.620. The zero-order valence-electron chi connectivity index (χ0n) is 22.4. The number of rotatable bonds is 6. The van der Waals surface area contributed by atoms with E-state index in [1.165, 1.54) is 12.0 Å². The molecule has 0 atom stereocenters. The van der Waals surface area contributed by atoms with Gasteiger partial charge in [-0.15, -0.1) is 0 Å². The van der Waals surface area contributed by atoms with Crippen LogP contribution < -0.4 is 0 Å². The Morgan fingerprint density at radius 3 is 1.68 bits per heavy atom. The molecule has 2 aromatic carbocycles. The smallest absolute Gasteiger partial charge is 0.303 e. The van der Waals surface area contributed by atoms with E-state index in [4.69, 9.17) is 0 Å². The summed E-state index contributed by atoms with van der Waals surface area (Å²) in [6, 6.07) is 18.4. The Balaban J connectivity index is 0.000000561. The lowest BCUT2D eigenvalue weighted by Gasteiger charge is -2.07. The van der Waals surface area contributed by atoms with Crippen LogP contribution in [0.25, 0.3) is 5.57 Å². The second-order valence-electron chi connectivity index (χ2n) is 9.08. The number of hydrogen-bond acceptors (Lipinski definition) is 3. The molecule has 1 aliphatic carbocycles. The van der Waals surface area contributed by atoms with E-state index in [9.17, 15) is 27.6 Å². The molecule has 0 spiro atoms. The molecule has 0 radical (unpaired) electrons. The Bertz CT molecular complexity index is 975. The van der Waals surface area contributed by atoms with Gasteiger partial charge in [0.05, 0.1) is 6.42 Å². The van der Waals surface area contributed by atoms with Gasteiger partial charge < -0.3 is 4.79 Å². The Labute approximate surface area is 219 Å². The molecule has 3 rings (SSSR count). The Morgan fingerprint density at radius 1 is 0.919 bits per heavy atom. The Kier molecular flexibility index (Phi) is 16.4. The summed E-state index contributed by atoms with van der Waals surface area (Å²) in [6.45, 7) is 14.4. The van der Waals surface area contributed by atoms with Crippen LogP contribution in [0, 0.1) is 5.92 Å². The fraction of sp³-hybridized carbons (Fsp3) is 0.387. The minimum absolute atomic E-state index is 0.102. The fourth-order valence-electron chi connectivity index (χ4n) is 2.58. The van der Waals surface area contributed by atoms with Gasteiger partial charge in [-0.3, -0.25) is 9.59 Å². The van der Waals surface area contributed by atoms with Crippen molar-refractivity contribution in [3.05, 3.63) is 90.0 Å². The first-order valence-electron chi connectivity index (χ1n) is 12.3. The molecular formula is C31H39F3O3. The molecule has 202 valence electrons. The normalized spacial score (nSPS) is 12.3. The number of carbonyl (C=O) groups excluding carboxylic acids is 3. The van der Waals surface area contributed by atoms with Gasteiger partial charge in [0.1, 0.15) is 17.9 Å². The monoisotopic (exact) mass is 516 g/mol. The second-order valence-corrected chi connectivity index (χ2v) is 9.08. The SMILES string of the molecule is C=C(C)C(F)(F)F.C=C(c1ccccc1)c1ccc(CCC=O)cc1.CCC(C)C.O=C1CCC(=O)C1. The highest BCUT2D eigenvalue weighted by molar-refractivity contribution is 6.05. The number of ketones is 2. The highest BCUT2D eigenvalue weighted by Crippen LogP contribution is 2.23. The van der Waals surface area contributed by atoms with Crippen LogP contribution in [0.1, 0.15) is 76.5 Å². The first-order chi connectivity index (χ1) is 17.3.